The lowest BCUT2D eigenvalue weighted by molar-refractivity contribution is -0.385. The average Bonchev–Trinajstić information content (AvgIpc) is 3.09. The Morgan fingerprint density at radius 3 is 2.28 bits per heavy atom. The molecule has 25 heavy (non-hydrogen) atoms. The number of rotatable bonds is 6. The van der Waals surface area contributed by atoms with Gasteiger partial charge in [0, 0.05) is 35.5 Å². The quantitative estimate of drug-likeness (QED) is 0.527. The molecule has 0 aliphatic rings. The van der Waals surface area contributed by atoms with Crippen molar-refractivity contribution in [3.63, 3.8) is 0 Å². The molecule has 0 radical (unpaired) electrons. The van der Waals surface area contributed by atoms with Crippen LogP contribution in [0, 0.1) is 20.2 Å². The Labute approximate surface area is 142 Å². The zero-order valence-electron chi connectivity index (χ0n) is 12.9. The van der Waals surface area contributed by atoms with Gasteiger partial charge in [-0.25, -0.2) is 0 Å². The topological polar surface area (TPSA) is 111 Å². The molecular formula is C17H13N3O5. The first-order valence-corrected chi connectivity index (χ1v) is 7.35. The number of nitrogens with zero attached hydrogens (tertiary/aromatic N) is 2. The van der Waals surface area contributed by atoms with E-state index in [-0.39, 0.29) is 11.4 Å². The van der Waals surface area contributed by atoms with Gasteiger partial charge in [0.05, 0.1) is 16.4 Å². The fourth-order valence-electron chi connectivity index (χ4n) is 2.29. The van der Waals surface area contributed by atoms with E-state index in [2.05, 4.69) is 5.32 Å². The summed E-state index contributed by atoms with van der Waals surface area (Å²) in [6.45, 7) is 0.355. The third-order valence-electron chi connectivity index (χ3n) is 3.55. The van der Waals surface area contributed by atoms with Gasteiger partial charge >= 0.3 is 0 Å². The summed E-state index contributed by atoms with van der Waals surface area (Å²) in [7, 11) is 0. The summed E-state index contributed by atoms with van der Waals surface area (Å²) < 4.78 is 5.70. The highest BCUT2D eigenvalue weighted by atomic mass is 16.6. The Hall–Kier alpha value is -3.68. The highest BCUT2D eigenvalue weighted by molar-refractivity contribution is 5.59. The Bertz CT molecular complexity index is 918. The molecule has 0 aliphatic carbocycles. The predicted octanol–water partition coefficient (Wildman–Crippen LogP) is 4.38. The minimum atomic E-state index is -0.458. The van der Waals surface area contributed by atoms with Crippen LogP contribution in [0.15, 0.2) is 65.1 Å². The summed E-state index contributed by atoms with van der Waals surface area (Å²) in [6.07, 6.45) is 0. The number of nitrogens with one attached hydrogen (secondary N) is 1. The fourth-order valence-corrected chi connectivity index (χ4v) is 2.29. The lowest BCUT2D eigenvalue weighted by Crippen LogP contribution is -1.98. The number of anilines is 1. The van der Waals surface area contributed by atoms with Gasteiger partial charge < -0.3 is 9.73 Å². The smallest absolute Gasteiger partial charge is 0.271 e. The number of benzene rings is 2. The molecule has 0 atom stereocenters. The van der Waals surface area contributed by atoms with E-state index >= 15 is 0 Å². The van der Waals surface area contributed by atoms with Gasteiger partial charge in [-0.3, -0.25) is 20.2 Å². The standard InChI is InChI=1S/C17H13N3O5/c21-19(22)14-6-4-12(5-7-14)17-9-8-16(25-17)11-18-13-2-1-3-15(10-13)20(23)24/h1-10,18H,11H2. The number of hydrogen-bond acceptors (Lipinski definition) is 6. The molecule has 3 aromatic rings. The lowest BCUT2D eigenvalue weighted by atomic mass is 10.1. The molecule has 2 aromatic carbocycles. The molecule has 0 unspecified atom stereocenters. The van der Waals surface area contributed by atoms with E-state index in [9.17, 15) is 20.2 Å². The Morgan fingerprint density at radius 2 is 1.60 bits per heavy atom. The van der Waals surface area contributed by atoms with Gasteiger partial charge in [-0.2, -0.15) is 0 Å². The molecule has 0 saturated heterocycles. The number of nitro benzene ring substituents is 2. The van der Waals surface area contributed by atoms with Crippen LogP contribution >= 0.6 is 0 Å². The maximum atomic E-state index is 10.8. The van der Waals surface area contributed by atoms with Gasteiger partial charge in [-0.15, -0.1) is 0 Å². The molecule has 0 amide bonds. The van der Waals surface area contributed by atoms with Gasteiger partial charge in [0.2, 0.25) is 0 Å². The van der Waals surface area contributed by atoms with Crippen LogP contribution in [0.5, 0.6) is 0 Å². The van der Waals surface area contributed by atoms with Gasteiger partial charge in [0.15, 0.2) is 0 Å². The van der Waals surface area contributed by atoms with Crippen LogP contribution in [0.1, 0.15) is 5.76 Å². The Kier molecular flexibility index (Phi) is 4.42. The zero-order chi connectivity index (χ0) is 17.8. The molecule has 0 spiro atoms. The molecule has 126 valence electrons. The molecule has 8 nitrogen and oxygen atoms in total. The molecule has 3 rings (SSSR count). The summed E-state index contributed by atoms with van der Waals surface area (Å²) >= 11 is 0. The fraction of sp³-hybridized carbons (Fsp3) is 0.0588. The van der Waals surface area contributed by atoms with Crippen LogP contribution in [0.2, 0.25) is 0 Å². The van der Waals surface area contributed by atoms with Crippen LogP contribution in [0.4, 0.5) is 17.1 Å². The van der Waals surface area contributed by atoms with Crippen molar-refractivity contribution < 1.29 is 14.3 Å². The van der Waals surface area contributed by atoms with Crippen molar-refractivity contribution in [3.8, 4) is 11.3 Å². The highest BCUT2D eigenvalue weighted by Gasteiger charge is 2.09. The molecule has 0 saturated carbocycles. The van der Waals surface area contributed by atoms with Crippen molar-refractivity contribution in [1.29, 1.82) is 0 Å². The van der Waals surface area contributed by atoms with Gasteiger partial charge in [-0.05, 0) is 30.3 Å². The van der Waals surface area contributed by atoms with Crippen LogP contribution in [-0.4, -0.2) is 9.85 Å². The van der Waals surface area contributed by atoms with Gasteiger partial charge in [0.1, 0.15) is 11.5 Å². The van der Waals surface area contributed by atoms with Crippen LogP contribution < -0.4 is 5.32 Å². The molecule has 1 heterocycles. The number of hydrogen-bond donors (Lipinski definition) is 1. The second-order valence-corrected chi connectivity index (χ2v) is 5.23. The molecule has 1 aromatic heterocycles. The maximum Gasteiger partial charge on any atom is 0.271 e. The van der Waals surface area contributed by atoms with E-state index in [0.717, 1.165) is 5.56 Å². The Morgan fingerprint density at radius 1 is 0.880 bits per heavy atom. The first kappa shape index (κ1) is 16.2. The minimum absolute atomic E-state index is 0.0102. The van der Waals surface area contributed by atoms with Crippen molar-refractivity contribution in [2.75, 3.05) is 5.32 Å². The van der Waals surface area contributed by atoms with Crippen molar-refractivity contribution in [1.82, 2.24) is 0 Å². The average molecular weight is 339 g/mol. The molecule has 0 fully saturated rings. The van der Waals surface area contributed by atoms with Crippen molar-refractivity contribution in [2.24, 2.45) is 0 Å². The van der Waals surface area contributed by atoms with Crippen LogP contribution in [-0.2, 0) is 6.54 Å². The largest absolute Gasteiger partial charge is 0.459 e. The van der Waals surface area contributed by atoms with Gasteiger partial charge in [-0.1, -0.05) is 6.07 Å². The zero-order valence-corrected chi connectivity index (χ0v) is 12.9. The van der Waals surface area contributed by atoms with Crippen molar-refractivity contribution in [2.45, 2.75) is 6.54 Å². The third-order valence-corrected chi connectivity index (χ3v) is 3.55. The summed E-state index contributed by atoms with van der Waals surface area (Å²) in [5.41, 5.74) is 1.37. The van der Waals surface area contributed by atoms with E-state index in [1.54, 1.807) is 36.4 Å². The van der Waals surface area contributed by atoms with E-state index in [1.807, 2.05) is 0 Å². The predicted molar refractivity (Wildman–Crippen MR) is 91.2 cm³/mol. The molecular weight excluding hydrogens is 326 g/mol. The normalized spacial score (nSPS) is 10.4. The highest BCUT2D eigenvalue weighted by Crippen LogP contribution is 2.25. The van der Waals surface area contributed by atoms with Crippen molar-refractivity contribution in [3.05, 3.63) is 86.7 Å². The first-order valence-electron chi connectivity index (χ1n) is 7.35. The second kappa shape index (κ2) is 6.83. The molecule has 1 N–H and O–H groups in total. The van der Waals surface area contributed by atoms with Gasteiger partial charge in [0.25, 0.3) is 11.4 Å². The van der Waals surface area contributed by atoms with E-state index in [0.29, 0.717) is 23.8 Å². The maximum absolute atomic E-state index is 10.8. The second-order valence-electron chi connectivity index (χ2n) is 5.23. The minimum Gasteiger partial charge on any atom is -0.459 e. The Balaban J connectivity index is 1.68. The number of furan rings is 1. The van der Waals surface area contributed by atoms with E-state index < -0.39 is 9.85 Å². The van der Waals surface area contributed by atoms with Crippen molar-refractivity contribution >= 4 is 17.1 Å². The number of nitro groups is 2. The third kappa shape index (κ3) is 3.81. The number of non-ortho nitro benzene ring substituents is 2. The van der Waals surface area contributed by atoms with E-state index in [1.165, 1.54) is 24.3 Å². The summed E-state index contributed by atoms with van der Waals surface area (Å²) in [6, 6.07) is 15.8. The van der Waals surface area contributed by atoms with E-state index in [4.69, 9.17) is 4.42 Å². The monoisotopic (exact) mass is 339 g/mol. The van der Waals surface area contributed by atoms with Crippen LogP contribution in [0.25, 0.3) is 11.3 Å². The molecule has 0 aliphatic heterocycles. The summed E-state index contributed by atoms with van der Waals surface area (Å²) in [5, 5.41) is 24.5. The summed E-state index contributed by atoms with van der Waals surface area (Å²) in [5.74, 6) is 1.23. The van der Waals surface area contributed by atoms with Crippen LogP contribution in [0.3, 0.4) is 0 Å². The summed E-state index contributed by atoms with van der Waals surface area (Å²) in [4.78, 5) is 20.5. The lowest BCUT2D eigenvalue weighted by Gasteiger charge is -2.04. The molecule has 8 heteroatoms. The SMILES string of the molecule is O=[N+]([O-])c1ccc(-c2ccc(CNc3cccc([N+](=O)[O-])c3)o2)cc1. The first-order chi connectivity index (χ1) is 12.0. The molecule has 0 bridgehead atoms.